The van der Waals surface area contributed by atoms with Gasteiger partial charge in [0.1, 0.15) is 11.6 Å². The summed E-state index contributed by atoms with van der Waals surface area (Å²) in [5.74, 6) is 1.04. The van der Waals surface area contributed by atoms with E-state index in [1.807, 2.05) is 32.0 Å². The van der Waals surface area contributed by atoms with Crippen LogP contribution in [0.3, 0.4) is 0 Å². The van der Waals surface area contributed by atoms with E-state index in [0.717, 1.165) is 0 Å². The molecule has 0 saturated heterocycles. The fourth-order valence-electron chi connectivity index (χ4n) is 3.72. The molecule has 0 aliphatic heterocycles. The van der Waals surface area contributed by atoms with Crippen molar-refractivity contribution in [2.75, 3.05) is 27.4 Å². The van der Waals surface area contributed by atoms with Gasteiger partial charge in [0.2, 0.25) is 0 Å². The SMILES string of the molecule is CCn1c(C(C)N(CCCOC)C(=O)c2cccc(OC)c2)nc2ccccc2c1=O. The van der Waals surface area contributed by atoms with E-state index in [1.54, 1.807) is 54.0 Å². The molecule has 3 rings (SSSR count). The van der Waals surface area contributed by atoms with Crippen molar-refractivity contribution in [2.45, 2.75) is 32.9 Å². The summed E-state index contributed by atoms with van der Waals surface area (Å²) >= 11 is 0. The van der Waals surface area contributed by atoms with E-state index in [1.165, 1.54) is 0 Å². The summed E-state index contributed by atoms with van der Waals surface area (Å²) in [5, 5.41) is 0.574. The van der Waals surface area contributed by atoms with Crippen LogP contribution in [0.2, 0.25) is 0 Å². The lowest BCUT2D eigenvalue weighted by Gasteiger charge is -2.30. The lowest BCUT2D eigenvalue weighted by atomic mass is 10.1. The molecular formula is C24H29N3O4. The Morgan fingerprint density at radius 2 is 1.94 bits per heavy atom. The second-order valence-electron chi connectivity index (χ2n) is 7.29. The number of para-hydroxylation sites is 1. The number of ether oxygens (including phenoxy) is 2. The summed E-state index contributed by atoms with van der Waals surface area (Å²) in [4.78, 5) is 33.1. The molecule has 1 heterocycles. The first kappa shape index (κ1) is 22.5. The third kappa shape index (κ3) is 4.77. The Balaban J connectivity index is 2.06. The van der Waals surface area contributed by atoms with Gasteiger partial charge in [0.05, 0.1) is 24.1 Å². The number of aromatic nitrogens is 2. The second-order valence-corrected chi connectivity index (χ2v) is 7.29. The van der Waals surface area contributed by atoms with E-state index >= 15 is 0 Å². The van der Waals surface area contributed by atoms with Gasteiger partial charge in [0.25, 0.3) is 11.5 Å². The van der Waals surface area contributed by atoms with Crippen LogP contribution in [0.1, 0.15) is 42.5 Å². The predicted molar refractivity (Wildman–Crippen MR) is 121 cm³/mol. The quantitative estimate of drug-likeness (QED) is 0.491. The molecule has 0 radical (unpaired) electrons. The number of methoxy groups -OCH3 is 2. The molecule has 0 spiro atoms. The Morgan fingerprint density at radius 1 is 1.16 bits per heavy atom. The highest BCUT2D eigenvalue weighted by Gasteiger charge is 2.26. The number of rotatable bonds is 9. The Labute approximate surface area is 182 Å². The summed E-state index contributed by atoms with van der Waals surface area (Å²) in [7, 11) is 3.21. The molecule has 7 heteroatoms. The monoisotopic (exact) mass is 423 g/mol. The number of carbonyl (C=O) groups excluding carboxylic acids is 1. The van der Waals surface area contributed by atoms with Crippen LogP contribution >= 0.6 is 0 Å². The maximum Gasteiger partial charge on any atom is 0.261 e. The van der Waals surface area contributed by atoms with Gasteiger partial charge in [-0.1, -0.05) is 18.2 Å². The van der Waals surface area contributed by atoms with E-state index in [2.05, 4.69) is 0 Å². The molecule has 1 aromatic heterocycles. The maximum absolute atomic E-state index is 13.5. The van der Waals surface area contributed by atoms with Crippen LogP contribution < -0.4 is 10.3 Å². The molecule has 31 heavy (non-hydrogen) atoms. The fourth-order valence-corrected chi connectivity index (χ4v) is 3.72. The summed E-state index contributed by atoms with van der Waals surface area (Å²) in [6, 6.07) is 14.0. The predicted octanol–water partition coefficient (Wildman–Crippen LogP) is 3.66. The standard InChI is InChI=1S/C24H29N3O4/c1-5-26-22(25-21-13-7-6-12-20(21)24(26)29)17(2)27(14-9-15-30-3)23(28)18-10-8-11-19(16-18)31-4/h6-8,10-13,16-17H,5,9,14-15H2,1-4H3. The number of nitrogens with zero attached hydrogens (tertiary/aromatic N) is 3. The Hall–Kier alpha value is -3.19. The zero-order valence-electron chi connectivity index (χ0n) is 18.5. The molecule has 0 fully saturated rings. The van der Waals surface area contributed by atoms with Crippen LogP contribution in [0, 0.1) is 0 Å². The topological polar surface area (TPSA) is 73.7 Å². The minimum Gasteiger partial charge on any atom is -0.497 e. The van der Waals surface area contributed by atoms with Gasteiger partial charge in [-0.15, -0.1) is 0 Å². The van der Waals surface area contributed by atoms with Crippen molar-refractivity contribution in [1.29, 1.82) is 0 Å². The molecule has 0 aliphatic rings. The van der Waals surface area contributed by atoms with Crippen molar-refractivity contribution < 1.29 is 14.3 Å². The van der Waals surface area contributed by atoms with Crippen LogP contribution in [0.25, 0.3) is 10.9 Å². The molecule has 164 valence electrons. The number of fused-ring (bicyclic) bond motifs is 1. The molecule has 1 amide bonds. The Kier molecular flexibility index (Phi) is 7.41. The summed E-state index contributed by atoms with van der Waals surface area (Å²) in [6.07, 6.45) is 0.667. The van der Waals surface area contributed by atoms with Gasteiger partial charge in [-0.25, -0.2) is 4.98 Å². The average Bonchev–Trinajstić information content (AvgIpc) is 2.81. The first-order valence-corrected chi connectivity index (χ1v) is 10.4. The van der Waals surface area contributed by atoms with Gasteiger partial charge in [-0.2, -0.15) is 0 Å². The fraction of sp³-hybridized carbons (Fsp3) is 0.375. The number of amides is 1. The van der Waals surface area contributed by atoms with Crippen molar-refractivity contribution in [3.63, 3.8) is 0 Å². The van der Waals surface area contributed by atoms with Crippen molar-refractivity contribution in [2.24, 2.45) is 0 Å². The third-order valence-corrected chi connectivity index (χ3v) is 5.37. The van der Waals surface area contributed by atoms with Crippen LogP contribution in [0.4, 0.5) is 0 Å². The van der Waals surface area contributed by atoms with E-state index < -0.39 is 6.04 Å². The molecule has 3 aromatic rings. The Bertz CT molecular complexity index is 1110. The molecule has 0 bridgehead atoms. The van der Waals surface area contributed by atoms with Gasteiger partial charge < -0.3 is 14.4 Å². The summed E-state index contributed by atoms with van der Waals surface area (Å²) < 4.78 is 12.1. The van der Waals surface area contributed by atoms with Gasteiger partial charge >= 0.3 is 0 Å². The number of carbonyl (C=O) groups is 1. The second kappa shape index (κ2) is 10.2. The summed E-state index contributed by atoms with van der Waals surface area (Å²) in [5.41, 5.74) is 1.06. The zero-order valence-corrected chi connectivity index (χ0v) is 18.5. The van der Waals surface area contributed by atoms with Crippen molar-refractivity contribution in [3.8, 4) is 5.75 Å². The van der Waals surface area contributed by atoms with E-state index in [-0.39, 0.29) is 11.5 Å². The van der Waals surface area contributed by atoms with Crippen molar-refractivity contribution >= 4 is 16.8 Å². The molecule has 0 N–H and O–H groups in total. The van der Waals surface area contributed by atoms with Gasteiger partial charge in [-0.3, -0.25) is 14.2 Å². The van der Waals surface area contributed by atoms with Gasteiger partial charge in [0.15, 0.2) is 0 Å². The third-order valence-electron chi connectivity index (χ3n) is 5.37. The van der Waals surface area contributed by atoms with Crippen LogP contribution in [0.5, 0.6) is 5.75 Å². The van der Waals surface area contributed by atoms with Gasteiger partial charge in [0, 0.05) is 32.4 Å². The minimum absolute atomic E-state index is 0.0966. The van der Waals surface area contributed by atoms with Crippen molar-refractivity contribution in [3.05, 3.63) is 70.3 Å². The largest absolute Gasteiger partial charge is 0.497 e. The van der Waals surface area contributed by atoms with Crippen molar-refractivity contribution in [1.82, 2.24) is 14.5 Å². The number of hydrogen-bond acceptors (Lipinski definition) is 5. The highest BCUT2D eigenvalue weighted by molar-refractivity contribution is 5.95. The molecule has 0 aliphatic carbocycles. The minimum atomic E-state index is -0.409. The average molecular weight is 424 g/mol. The van der Waals surface area contributed by atoms with E-state index in [0.29, 0.717) is 54.2 Å². The molecule has 7 nitrogen and oxygen atoms in total. The smallest absolute Gasteiger partial charge is 0.261 e. The number of hydrogen-bond donors (Lipinski definition) is 0. The number of benzene rings is 2. The van der Waals surface area contributed by atoms with Crippen LogP contribution in [0.15, 0.2) is 53.3 Å². The first-order valence-electron chi connectivity index (χ1n) is 10.4. The molecular weight excluding hydrogens is 394 g/mol. The maximum atomic E-state index is 13.5. The normalized spacial score (nSPS) is 12.0. The summed E-state index contributed by atoms with van der Waals surface area (Å²) in [6.45, 7) is 5.29. The molecule has 1 unspecified atom stereocenters. The van der Waals surface area contributed by atoms with E-state index in [9.17, 15) is 9.59 Å². The molecule has 1 atom stereocenters. The first-order chi connectivity index (χ1) is 15.0. The molecule has 0 saturated carbocycles. The lowest BCUT2D eigenvalue weighted by Crippen LogP contribution is -2.38. The van der Waals surface area contributed by atoms with Crippen LogP contribution in [-0.2, 0) is 11.3 Å². The Morgan fingerprint density at radius 3 is 2.65 bits per heavy atom. The van der Waals surface area contributed by atoms with Gasteiger partial charge in [-0.05, 0) is 50.6 Å². The zero-order chi connectivity index (χ0) is 22.4. The van der Waals surface area contributed by atoms with Crippen LogP contribution in [-0.4, -0.2) is 47.7 Å². The molecule has 2 aromatic carbocycles. The lowest BCUT2D eigenvalue weighted by molar-refractivity contribution is 0.0655. The highest BCUT2D eigenvalue weighted by Crippen LogP contribution is 2.24. The highest BCUT2D eigenvalue weighted by atomic mass is 16.5. The van der Waals surface area contributed by atoms with E-state index in [4.69, 9.17) is 14.5 Å².